The van der Waals surface area contributed by atoms with Crippen LogP contribution in [0, 0.1) is 0 Å². The summed E-state index contributed by atoms with van der Waals surface area (Å²) in [5, 5.41) is 4.60. The molecule has 1 aromatic heterocycles. The molecule has 2 aromatic rings. The number of nitrogens with one attached hydrogen (secondary N) is 2. The van der Waals surface area contributed by atoms with Crippen LogP contribution in [0.25, 0.3) is 10.9 Å². The maximum absolute atomic E-state index is 12.0. The summed E-state index contributed by atoms with van der Waals surface area (Å²) in [5.41, 5.74) is 1.76. The molecule has 2 heterocycles. The summed E-state index contributed by atoms with van der Waals surface area (Å²) in [6, 6.07) is 10.4. The molecule has 0 saturated carbocycles. The number of thioether (sulfide) groups is 1. The Labute approximate surface area is 116 Å². The molecule has 1 aliphatic rings. The standard InChI is InChI=1S/C15H18N2OS/c18-15-12(9-16-13-5-3-7-19-10-13)8-11-4-1-2-6-14(11)17-15/h1-2,4,6,8,13,16H,3,5,7,9-10H2,(H,17,18). The van der Waals surface area contributed by atoms with E-state index < -0.39 is 0 Å². The van der Waals surface area contributed by atoms with E-state index in [1.165, 1.54) is 18.6 Å². The Morgan fingerprint density at radius 3 is 3.11 bits per heavy atom. The molecule has 0 radical (unpaired) electrons. The van der Waals surface area contributed by atoms with Gasteiger partial charge in [0, 0.05) is 29.4 Å². The lowest BCUT2D eigenvalue weighted by Crippen LogP contribution is -2.34. The van der Waals surface area contributed by atoms with Crippen LogP contribution in [0.2, 0.25) is 0 Å². The summed E-state index contributed by atoms with van der Waals surface area (Å²) in [4.78, 5) is 15.0. The van der Waals surface area contributed by atoms with Gasteiger partial charge in [-0.1, -0.05) is 18.2 Å². The minimum absolute atomic E-state index is 0.0228. The first-order chi connectivity index (χ1) is 9.33. The van der Waals surface area contributed by atoms with Gasteiger partial charge >= 0.3 is 0 Å². The number of para-hydroxylation sites is 1. The van der Waals surface area contributed by atoms with Crippen molar-refractivity contribution in [1.82, 2.24) is 10.3 Å². The third-order valence-corrected chi connectivity index (χ3v) is 4.79. The van der Waals surface area contributed by atoms with Crippen LogP contribution in [0.1, 0.15) is 18.4 Å². The van der Waals surface area contributed by atoms with Gasteiger partial charge in [0.25, 0.3) is 5.56 Å². The van der Waals surface area contributed by atoms with Crippen LogP contribution in [0.15, 0.2) is 35.1 Å². The van der Waals surface area contributed by atoms with Crippen LogP contribution in [0.4, 0.5) is 0 Å². The summed E-state index contributed by atoms with van der Waals surface area (Å²) < 4.78 is 0. The van der Waals surface area contributed by atoms with Crippen LogP contribution < -0.4 is 10.9 Å². The molecule has 1 saturated heterocycles. The van der Waals surface area contributed by atoms with Gasteiger partial charge in [0.2, 0.25) is 0 Å². The normalized spacial score (nSPS) is 19.7. The highest BCUT2D eigenvalue weighted by molar-refractivity contribution is 7.99. The predicted octanol–water partition coefficient (Wildman–Crippen LogP) is 2.51. The second kappa shape index (κ2) is 5.80. The Hall–Kier alpha value is -1.26. The molecule has 0 spiro atoms. The van der Waals surface area contributed by atoms with E-state index in [4.69, 9.17) is 0 Å². The first kappa shape index (κ1) is 12.8. The van der Waals surface area contributed by atoms with E-state index in [1.807, 2.05) is 42.1 Å². The van der Waals surface area contributed by atoms with E-state index in [2.05, 4.69) is 10.3 Å². The van der Waals surface area contributed by atoms with Crippen molar-refractivity contribution in [3.63, 3.8) is 0 Å². The average molecular weight is 274 g/mol. The van der Waals surface area contributed by atoms with Crippen LogP contribution in [-0.4, -0.2) is 22.5 Å². The van der Waals surface area contributed by atoms with Crippen molar-refractivity contribution < 1.29 is 0 Å². The number of H-pyrrole nitrogens is 1. The molecular formula is C15H18N2OS. The molecule has 0 bridgehead atoms. The van der Waals surface area contributed by atoms with Gasteiger partial charge in [0.1, 0.15) is 0 Å². The summed E-state index contributed by atoms with van der Waals surface area (Å²) in [7, 11) is 0. The Bertz CT molecular complexity index is 617. The molecule has 100 valence electrons. The Balaban J connectivity index is 1.76. The molecule has 1 aromatic carbocycles. The van der Waals surface area contributed by atoms with E-state index >= 15 is 0 Å². The number of rotatable bonds is 3. The molecule has 0 amide bonds. The SMILES string of the molecule is O=c1[nH]c2ccccc2cc1CNC1CCCSC1. The highest BCUT2D eigenvalue weighted by Gasteiger charge is 2.13. The van der Waals surface area contributed by atoms with Crippen molar-refractivity contribution in [3.05, 3.63) is 46.2 Å². The fourth-order valence-electron chi connectivity index (χ4n) is 2.48. The van der Waals surface area contributed by atoms with Crippen LogP contribution in [-0.2, 0) is 6.54 Å². The van der Waals surface area contributed by atoms with Crippen LogP contribution in [0.3, 0.4) is 0 Å². The summed E-state index contributed by atoms with van der Waals surface area (Å²) in [5.74, 6) is 2.43. The largest absolute Gasteiger partial charge is 0.322 e. The number of fused-ring (bicyclic) bond motifs is 1. The van der Waals surface area contributed by atoms with E-state index in [9.17, 15) is 4.79 Å². The maximum atomic E-state index is 12.0. The predicted molar refractivity (Wildman–Crippen MR) is 81.8 cm³/mol. The van der Waals surface area contributed by atoms with Crippen molar-refractivity contribution in [2.45, 2.75) is 25.4 Å². The van der Waals surface area contributed by atoms with Gasteiger partial charge in [0.15, 0.2) is 0 Å². The minimum Gasteiger partial charge on any atom is -0.322 e. The summed E-state index contributed by atoms with van der Waals surface area (Å²) in [6.07, 6.45) is 2.49. The molecule has 3 rings (SSSR count). The van der Waals surface area contributed by atoms with Gasteiger partial charge in [-0.2, -0.15) is 11.8 Å². The summed E-state index contributed by atoms with van der Waals surface area (Å²) in [6.45, 7) is 0.658. The zero-order valence-electron chi connectivity index (χ0n) is 10.8. The monoisotopic (exact) mass is 274 g/mol. The van der Waals surface area contributed by atoms with E-state index in [0.29, 0.717) is 12.6 Å². The lowest BCUT2D eigenvalue weighted by Gasteiger charge is -2.22. The highest BCUT2D eigenvalue weighted by Crippen LogP contribution is 2.17. The number of hydrogen-bond acceptors (Lipinski definition) is 3. The fourth-order valence-corrected chi connectivity index (χ4v) is 3.59. The Kier molecular flexibility index (Phi) is 3.89. The van der Waals surface area contributed by atoms with Crippen molar-refractivity contribution in [3.8, 4) is 0 Å². The third kappa shape index (κ3) is 3.01. The zero-order valence-corrected chi connectivity index (χ0v) is 11.6. The van der Waals surface area contributed by atoms with Crippen molar-refractivity contribution in [2.24, 2.45) is 0 Å². The molecular weight excluding hydrogens is 256 g/mol. The van der Waals surface area contributed by atoms with E-state index in [1.54, 1.807) is 0 Å². The quantitative estimate of drug-likeness (QED) is 0.904. The average Bonchev–Trinajstić information content (AvgIpc) is 2.46. The third-order valence-electron chi connectivity index (χ3n) is 3.57. The van der Waals surface area contributed by atoms with Gasteiger partial charge in [-0.3, -0.25) is 4.79 Å². The van der Waals surface area contributed by atoms with E-state index in [-0.39, 0.29) is 5.56 Å². The molecule has 1 atom stereocenters. The molecule has 3 nitrogen and oxygen atoms in total. The Morgan fingerprint density at radius 1 is 1.37 bits per heavy atom. The van der Waals surface area contributed by atoms with Crippen LogP contribution >= 0.6 is 11.8 Å². The van der Waals surface area contributed by atoms with Gasteiger partial charge in [-0.25, -0.2) is 0 Å². The van der Waals surface area contributed by atoms with Gasteiger partial charge in [-0.15, -0.1) is 0 Å². The first-order valence-electron chi connectivity index (χ1n) is 6.75. The number of aromatic amines is 1. The number of aromatic nitrogens is 1. The van der Waals surface area contributed by atoms with E-state index in [0.717, 1.165) is 22.2 Å². The number of pyridine rings is 1. The molecule has 1 unspecified atom stereocenters. The maximum Gasteiger partial charge on any atom is 0.252 e. The second-order valence-corrected chi connectivity index (χ2v) is 6.16. The first-order valence-corrected chi connectivity index (χ1v) is 7.90. The molecule has 1 aliphatic heterocycles. The van der Waals surface area contributed by atoms with Crippen molar-refractivity contribution in [1.29, 1.82) is 0 Å². The van der Waals surface area contributed by atoms with Gasteiger partial charge in [-0.05, 0) is 36.1 Å². The molecule has 1 fully saturated rings. The summed E-state index contributed by atoms with van der Waals surface area (Å²) >= 11 is 2.00. The highest BCUT2D eigenvalue weighted by atomic mass is 32.2. The van der Waals surface area contributed by atoms with Gasteiger partial charge in [0.05, 0.1) is 0 Å². The minimum atomic E-state index is 0.0228. The Morgan fingerprint density at radius 2 is 2.26 bits per heavy atom. The van der Waals surface area contributed by atoms with Crippen molar-refractivity contribution in [2.75, 3.05) is 11.5 Å². The number of hydrogen-bond donors (Lipinski definition) is 2. The molecule has 19 heavy (non-hydrogen) atoms. The topological polar surface area (TPSA) is 44.9 Å². The fraction of sp³-hybridized carbons (Fsp3) is 0.400. The molecule has 4 heteroatoms. The van der Waals surface area contributed by atoms with Gasteiger partial charge < -0.3 is 10.3 Å². The molecule has 2 N–H and O–H groups in total. The lowest BCUT2D eigenvalue weighted by molar-refractivity contribution is 0.506. The number of benzene rings is 1. The lowest BCUT2D eigenvalue weighted by atomic mass is 10.1. The second-order valence-electron chi connectivity index (χ2n) is 5.01. The molecule has 0 aliphatic carbocycles. The smallest absolute Gasteiger partial charge is 0.252 e. The zero-order chi connectivity index (χ0) is 13.1. The van der Waals surface area contributed by atoms with Crippen molar-refractivity contribution >= 4 is 22.7 Å². The van der Waals surface area contributed by atoms with Crippen LogP contribution in [0.5, 0.6) is 0 Å².